The molecular weight excluding hydrogens is 276 g/mol. The quantitative estimate of drug-likeness (QED) is 0.805. The molecule has 0 aliphatic carbocycles. The van der Waals surface area contributed by atoms with Crippen molar-refractivity contribution in [2.45, 2.75) is 19.5 Å². The van der Waals surface area contributed by atoms with Crippen LogP contribution in [0.5, 0.6) is 0 Å². The number of H-pyrrole nitrogens is 1. The second-order valence-electron chi connectivity index (χ2n) is 6.05. The van der Waals surface area contributed by atoms with Crippen LogP contribution >= 0.6 is 0 Å². The molecule has 0 bridgehead atoms. The highest BCUT2D eigenvalue weighted by Gasteiger charge is 2.28. The molecule has 0 spiro atoms. The van der Waals surface area contributed by atoms with E-state index < -0.39 is 0 Å². The predicted octanol–water partition coefficient (Wildman–Crippen LogP) is 2.09. The van der Waals surface area contributed by atoms with Crippen molar-refractivity contribution >= 4 is 10.9 Å². The molecule has 0 atom stereocenters. The largest absolute Gasteiger partial charge is 0.322 e. The van der Waals surface area contributed by atoms with Gasteiger partial charge in [0, 0.05) is 43.1 Å². The molecule has 0 radical (unpaired) electrons. The predicted molar refractivity (Wildman–Crippen MR) is 85.8 cm³/mol. The third-order valence-corrected chi connectivity index (χ3v) is 4.31. The maximum atomic E-state index is 12.2. The van der Waals surface area contributed by atoms with Crippen molar-refractivity contribution in [1.82, 2.24) is 19.7 Å². The lowest BCUT2D eigenvalue weighted by molar-refractivity contribution is 0.0905. The van der Waals surface area contributed by atoms with E-state index in [-0.39, 0.29) is 5.56 Å². The standard InChI is InChI=1S/C17H18N4O/c1-12-3-4-13-8-14(17(22)19-16(13)7-12)9-20-10-15(11-20)21-6-2-5-18-21/h2-8,15H,9-11H2,1H3,(H,19,22). The van der Waals surface area contributed by atoms with Crippen LogP contribution in [0.15, 0.2) is 47.5 Å². The zero-order valence-electron chi connectivity index (χ0n) is 12.5. The number of fused-ring (bicyclic) bond motifs is 1. The first kappa shape index (κ1) is 13.3. The number of nitrogens with zero attached hydrogens (tertiary/aromatic N) is 3. The zero-order chi connectivity index (χ0) is 15.1. The molecule has 1 aromatic carbocycles. The third kappa shape index (κ3) is 2.33. The van der Waals surface area contributed by atoms with Crippen LogP contribution in [0.25, 0.3) is 10.9 Å². The minimum Gasteiger partial charge on any atom is -0.322 e. The van der Waals surface area contributed by atoms with Crippen LogP contribution in [-0.2, 0) is 6.54 Å². The van der Waals surface area contributed by atoms with Crippen molar-refractivity contribution in [3.05, 3.63) is 64.2 Å². The van der Waals surface area contributed by atoms with E-state index in [1.54, 1.807) is 6.20 Å². The van der Waals surface area contributed by atoms with E-state index in [1.807, 2.05) is 36.0 Å². The lowest BCUT2D eigenvalue weighted by Gasteiger charge is -2.39. The van der Waals surface area contributed by atoms with Gasteiger partial charge in [-0.3, -0.25) is 14.4 Å². The topological polar surface area (TPSA) is 53.9 Å². The minimum absolute atomic E-state index is 0.0145. The molecule has 22 heavy (non-hydrogen) atoms. The zero-order valence-corrected chi connectivity index (χ0v) is 12.5. The Hall–Kier alpha value is -2.40. The summed E-state index contributed by atoms with van der Waals surface area (Å²) in [7, 11) is 0. The number of rotatable bonds is 3. The number of likely N-dealkylation sites (tertiary alicyclic amines) is 1. The summed E-state index contributed by atoms with van der Waals surface area (Å²) in [5.74, 6) is 0. The van der Waals surface area contributed by atoms with Crippen molar-refractivity contribution in [1.29, 1.82) is 0 Å². The number of hydrogen-bond donors (Lipinski definition) is 1. The summed E-state index contributed by atoms with van der Waals surface area (Å²) in [6.07, 6.45) is 3.80. The van der Waals surface area contributed by atoms with Crippen molar-refractivity contribution < 1.29 is 0 Å². The molecule has 2 aromatic heterocycles. The number of aromatic nitrogens is 3. The van der Waals surface area contributed by atoms with E-state index in [4.69, 9.17) is 0 Å². The highest BCUT2D eigenvalue weighted by atomic mass is 16.1. The highest BCUT2D eigenvalue weighted by Crippen LogP contribution is 2.22. The average Bonchev–Trinajstić information content (AvgIpc) is 2.96. The summed E-state index contributed by atoms with van der Waals surface area (Å²) in [5, 5.41) is 5.36. The van der Waals surface area contributed by atoms with Gasteiger partial charge in [0.1, 0.15) is 0 Å². The van der Waals surface area contributed by atoms with E-state index in [0.29, 0.717) is 12.6 Å². The minimum atomic E-state index is 0.0145. The Labute approximate surface area is 128 Å². The van der Waals surface area contributed by atoms with Crippen molar-refractivity contribution in [2.24, 2.45) is 0 Å². The fourth-order valence-electron chi connectivity index (χ4n) is 3.05. The molecule has 0 unspecified atom stereocenters. The number of aryl methyl sites for hydroxylation is 1. The van der Waals surface area contributed by atoms with Crippen LogP contribution in [0, 0.1) is 6.92 Å². The molecule has 0 amide bonds. The number of hydrogen-bond acceptors (Lipinski definition) is 3. The van der Waals surface area contributed by atoms with Crippen LogP contribution in [0.1, 0.15) is 17.2 Å². The average molecular weight is 294 g/mol. The molecule has 1 fully saturated rings. The van der Waals surface area contributed by atoms with Gasteiger partial charge in [0.05, 0.1) is 6.04 Å². The number of pyridine rings is 1. The first-order valence-electron chi connectivity index (χ1n) is 7.53. The van der Waals surface area contributed by atoms with E-state index in [9.17, 15) is 4.79 Å². The first-order chi connectivity index (χ1) is 10.7. The Morgan fingerprint density at radius 2 is 2.18 bits per heavy atom. The fraction of sp³-hybridized carbons (Fsp3) is 0.294. The van der Waals surface area contributed by atoms with Gasteiger partial charge in [0.2, 0.25) is 0 Å². The van der Waals surface area contributed by atoms with E-state index in [1.165, 1.54) is 0 Å². The molecule has 1 aliphatic heterocycles. The molecule has 1 saturated heterocycles. The molecule has 5 nitrogen and oxygen atoms in total. The normalized spacial score (nSPS) is 16.0. The summed E-state index contributed by atoms with van der Waals surface area (Å²) in [5.41, 5.74) is 2.91. The molecule has 3 aromatic rings. The monoisotopic (exact) mass is 294 g/mol. The SMILES string of the molecule is Cc1ccc2cc(CN3CC(n4cccn4)C3)c(=O)[nH]c2c1. The molecule has 3 heterocycles. The van der Waals surface area contributed by atoms with Gasteiger partial charge in [-0.25, -0.2) is 0 Å². The van der Waals surface area contributed by atoms with E-state index >= 15 is 0 Å². The van der Waals surface area contributed by atoms with Gasteiger partial charge in [0.25, 0.3) is 5.56 Å². The number of aromatic amines is 1. The Balaban J connectivity index is 1.52. The van der Waals surface area contributed by atoms with Gasteiger partial charge in [-0.05, 0) is 36.1 Å². The molecular formula is C17H18N4O. The van der Waals surface area contributed by atoms with Gasteiger partial charge in [0.15, 0.2) is 0 Å². The Morgan fingerprint density at radius 3 is 2.95 bits per heavy atom. The second kappa shape index (κ2) is 5.10. The van der Waals surface area contributed by atoms with Crippen molar-refractivity contribution in [3.63, 3.8) is 0 Å². The smallest absolute Gasteiger partial charge is 0.252 e. The summed E-state index contributed by atoms with van der Waals surface area (Å²) >= 11 is 0. The summed E-state index contributed by atoms with van der Waals surface area (Å²) in [6.45, 7) is 4.60. The third-order valence-electron chi connectivity index (χ3n) is 4.31. The van der Waals surface area contributed by atoms with Gasteiger partial charge >= 0.3 is 0 Å². The summed E-state index contributed by atoms with van der Waals surface area (Å²) in [4.78, 5) is 17.5. The highest BCUT2D eigenvalue weighted by molar-refractivity contribution is 5.79. The van der Waals surface area contributed by atoms with Gasteiger partial charge in [-0.1, -0.05) is 12.1 Å². The van der Waals surface area contributed by atoms with Crippen LogP contribution in [-0.4, -0.2) is 32.8 Å². The summed E-state index contributed by atoms with van der Waals surface area (Å²) < 4.78 is 1.99. The van der Waals surface area contributed by atoms with Crippen molar-refractivity contribution in [2.75, 3.05) is 13.1 Å². The van der Waals surface area contributed by atoms with Crippen LogP contribution in [0.2, 0.25) is 0 Å². The lowest BCUT2D eigenvalue weighted by atomic mass is 10.1. The van der Waals surface area contributed by atoms with Crippen LogP contribution in [0.4, 0.5) is 0 Å². The molecule has 4 rings (SSSR count). The maximum Gasteiger partial charge on any atom is 0.252 e. The Morgan fingerprint density at radius 1 is 1.32 bits per heavy atom. The van der Waals surface area contributed by atoms with Crippen LogP contribution in [0.3, 0.4) is 0 Å². The maximum absolute atomic E-state index is 12.2. The molecule has 112 valence electrons. The fourth-order valence-corrected chi connectivity index (χ4v) is 3.05. The number of benzene rings is 1. The lowest BCUT2D eigenvalue weighted by Crippen LogP contribution is -2.47. The second-order valence-corrected chi connectivity index (χ2v) is 6.05. The van der Waals surface area contributed by atoms with Crippen LogP contribution < -0.4 is 5.56 Å². The van der Waals surface area contributed by atoms with Gasteiger partial charge < -0.3 is 4.98 Å². The van der Waals surface area contributed by atoms with E-state index in [0.717, 1.165) is 35.1 Å². The molecule has 0 saturated carbocycles. The summed E-state index contributed by atoms with van der Waals surface area (Å²) in [6, 6.07) is 10.5. The Kier molecular flexibility index (Phi) is 3.08. The molecule has 1 N–H and O–H groups in total. The number of nitrogens with one attached hydrogen (secondary N) is 1. The first-order valence-corrected chi connectivity index (χ1v) is 7.53. The van der Waals surface area contributed by atoms with Gasteiger partial charge in [-0.2, -0.15) is 5.10 Å². The van der Waals surface area contributed by atoms with E-state index in [2.05, 4.69) is 27.1 Å². The van der Waals surface area contributed by atoms with Crippen molar-refractivity contribution in [3.8, 4) is 0 Å². The molecule has 1 aliphatic rings. The Bertz CT molecular complexity index is 860. The molecule has 5 heteroatoms. The van der Waals surface area contributed by atoms with Gasteiger partial charge in [-0.15, -0.1) is 0 Å².